The van der Waals surface area contributed by atoms with Crippen molar-refractivity contribution in [3.8, 4) is 33.1 Å². The molecule has 0 spiro atoms. The van der Waals surface area contributed by atoms with E-state index in [0.29, 0.717) is 18.8 Å². The van der Waals surface area contributed by atoms with E-state index in [-0.39, 0.29) is 6.61 Å². The molecule has 0 saturated carbocycles. The quantitative estimate of drug-likeness (QED) is 0.448. The molecule has 140 valence electrons. The van der Waals surface area contributed by atoms with E-state index in [0.717, 1.165) is 28.2 Å². The van der Waals surface area contributed by atoms with Crippen molar-refractivity contribution in [2.24, 2.45) is 0 Å². The average Bonchev–Trinajstić information content (AvgIpc) is 3.30. The Hall–Kier alpha value is -3.09. The van der Waals surface area contributed by atoms with Crippen molar-refractivity contribution in [2.45, 2.75) is 6.42 Å². The molecule has 0 radical (unpaired) electrons. The van der Waals surface area contributed by atoms with Crippen LogP contribution in [0.25, 0.3) is 33.1 Å². The van der Waals surface area contributed by atoms with Crippen LogP contribution in [-0.4, -0.2) is 33.2 Å². The Labute approximate surface area is 167 Å². The maximum absolute atomic E-state index is 9.05. The molecule has 3 heterocycles. The number of benzene rings is 1. The zero-order chi connectivity index (χ0) is 19.2. The van der Waals surface area contributed by atoms with Gasteiger partial charge in [0.05, 0.1) is 5.69 Å². The van der Waals surface area contributed by atoms with Gasteiger partial charge in [0.15, 0.2) is 5.82 Å². The van der Waals surface area contributed by atoms with Gasteiger partial charge in [-0.3, -0.25) is 4.98 Å². The molecule has 0 fully saturated rings. The summed E-state index contributed by atoms with van der Waals surface area (Å²) in [5, 5.41) is 14.4. The number of hydrogen-bond donors (Lipinski definition) is 2. The fourth-order valence-electron chi connectivity index (χ4n) is 2.86. The minimum Gasteiger partial charge on any atom is -0.396 e. The van der Waals surface area contributed by atoms with Gasteiger partial charge in [0.25, 0.3) is 0 Å². The average molecular weight is 388 g/mol. The Kier molecular flexibility index (Phi) is 5.70. The first-order chi connectivity index (χ1) is 13.8. The van der Waals surface area contributed by atoms with Gasteiger partial charge in [0.1, 0.15) is 5.82 Å². The third-order valence-electron chi connectivity index (χ3n) is 4.24. The van der Waals surface area contributed by atoms with Crippen LogP contribution in [0.5, 0.6) is 0 Å². The number of anilines is 1. The molecule has 0 aliphatic heterocycles. The van der Waals surface area contributed by atoms with Gasteiger partial charge < -0.3 is 10.4 Å². The first-order valence-corrected chi connectivity index (χ1v) is 10.00. The molecule has 0 saturated heterocycles. The summed E-state index contributed by atoms with van der Waals surface area (Å²) in [5.74, 6) is 1.39. The van der Waals surface area contributed by atoms with Gasteiger partial charge in [0.2, 0.25) is 0 Å². The van der Waals surface area contributed by atoms with Crippen molar-refractivity contribution in [1.82, 2.24) is 15.0 Å². The Morgan fingerprint density at radius 2 is 1.75 bits per heavy atom. The van der Waals surface area contributed by atoms with Crippen LogP contribution in [0.1, 0.15) is 6.42 Å². The lowest BCUT2D eigenvalue weighted by Gasteiger charge is -2.10. The first-order valence-electron chi connectivity index (χ1n) is 9.12. The van der Waals surface area contributed by atoms with Crippen molar-refractivity contribution in [3.05, 3.63) is 72.4 Å². The van der Waals surface area contributed by atoms with E-state index in [9.17, 15) is 0 Å². The van der Waals surface area contributed by atoms with Gasteiger partial charge in [-0.25, -0.2) is 9.97 Å². The summed E-state index contributed by atoms with van der Waals surface area (Å²) in [7, 11) is 0. The first kappa shape index (κ1) is 18.3. The van der Waals surface area contributed by atoms with E-state index in [1.165, 1.54) is 4.88 Å². The van der Waals surface area contributed by atoms with Crippen LogP contribution in [0.2, 0.25) is 0 Å². The summed E-state index contributed by atoms with van der Waals surface area (Å²) >= 11 is 1.69. The molecule has 2 N–H and O–H groups in total. The number of hydrogen-bond acceptors (Lipinski definition) is 6. The van der Waals surface area contributed by atoms with Crippen molar-refractivity contribution >= 4 is 17.2 Å². The monoisotopic (exact) mass is 388 g/mol. The molecule has 0 unspecified atom stereocenters. The van der Waals surface area contributed by atoms with Crippen molar-refractivity contribution in [1.29, 1.82) is 0 Å². The SMILES string of the molecule is OCCCNc1cc(-c2cncc(-c3cccs3)c2)nc(-c2ccccc2)n1. The van der Waals surface area contributed by atoms with E-state index < -0.39 is 0 Å². The molecule has 5 nitrogen and oxygen atoms in total. The third-order valence-corrected chi connectivity index (χ3v) is 5.16. The van der Waals surface area contributed by atoms with E-state index in [1.807, 2.05) is 54.9 Å². The van der Waals surface area contributed by atoms with Crippen molar-refractivity contribution < 1.29 is 5.11 Å². The summed E-state index contributed by atoms with van der Waals surface area (Å²) < 4.78 is 0. The van der Waals surface area contributed by atoms with E-state index in [2.05, 4.69) is 32.8 Å². The number of aliphatic hydroxyl groups is 1. The summed E-state index contributed by atoms with van der Waals surface area (Å²) in [6.45, 7) is 0.790. The van der Waals surface area contributed by atoms with Gasteiger partial charge in [-0.1, -0.05) is 36.4 Å². The minimum absolute atomic E-state index is 0.142. The standard InChI is InChI=1S/C22H20N4OS/c27-10-5-9-24-21-13-19(25-22(26-21)16-6-2-1-3-7-16)17-12-18(15-23-14-17)20-8-4-11-28-20/h1-4,6-8,11-15,27H,5,9-10H2,(H,24,25,26). The van der Waals surface area contributed by atoms with Crippen molar-refractivity contribution in [3.63, 3.8) is 0 Å². The molecule has 4 rings (SSSR count). The van der Waals surface area contributed by atoms with E-state index >= 15 is 0 Å². The molecule has 0 aliphatic rings. The largest absolute Gasteiger partial charge is 0.396 e. The molecule has 0 bridgehead atoms. The number of aromatic nitrogens is 3. The minimum atomic E-state index is 0.142. The Bertz CT molecular complexity index is 1040. The smallest absolute Gasteiger partial charge is 0.162 e. The highest BCUT2D eigenvalue weighted by Crippen LogP contribution is 2.29. The number of aliphatic hydroxyl groups excluding tert-OH is 1. The van der Waals surface area contributed by atoms with Gasteiger partial charge >= 0.3 is 0 Å². The highest BCUT2D eigenvalue weighted by molar-refractivity contribution is 7.13. The van der Waals surface area contributed by atoms with Crippen LogP contribution in [0.15, 0.2) is 72.4 Å². The van der Waals surface area contributed by atoms with Crippen LogP contribution in [0.4, 0.5) is 5.82 Å². The zero-order valence-electron chi connectivity index (χ0n) is 15.2. The van der Waals surface area contributed by atoms with E-state index in [4.69, 9.17) is 10.1 Å². The Morgan fingerprint density at radius 3 is 2.54 bits per heavy atom. The number of nitrogens with one attached hydrogen (secondary N) is 1. The van der Waals surface area contributed by atoms with Gasteiger partial charge in [-0.05, 0) is 23.9 Å². The van der Waals surface area contributed by atoms with E-state index in [1.54, 1.807) is 11.3 Å². The lowest BCUT2D eigenvalue weighted by atomic mass is 10.1. The van der Waals surface area contributed by atoms with Gasteiger partial charge in [-0.15, -0.1) is 11.3 Å². The molecule has 0 aliphatic carbocycles. The highest BCUT2D eigenvalue weighted by atomic mass is 32.1. The topological polar surface area (TPSA) is 70.9 Å². The second-order valence-corrected chi connectivity index (χ2v) is 7.22. The maximum Gasteiger partial charge on any atom is 0.162 e. The Morgan fingerprint density at radius 1 is 0.893 bits per heavy atom. The summed E-state index contributed by atoms with van der Waals surface area (Å²) in [6.07, 6.45) is 4.36. The number of pyridine rings is 1. The highest BCUT2D eigenvalue weighted by Gasteiger charge is 2.10. The fraction of sp³-hybridized carbons (Fsp3) is 0.136. The molecular weight excluding hydrogens is 368 g/mol. The third kappa shape index (κ3) is 4.24. The molecular formula is C22H20N4OS. The molecule has 6 heteroatoms. The van der Waals surface area contributed by atoms with Crippen LogP contribution >= 0.6 is 11.3 Å². The second kappa shape index (κ2) is 8.73. The summed E-state index contributed by atoms with van der Waals surface area (Å²) in [6, 6.07) is 18.1. The normalized spacial score (nSPS) is 10.8. The number of thiophene rings is 1. The van der Waals surface area contributed by atoms with Crippen LogP contribution in [0, 0.1) is 0 Å². The molecule has 28 heavy (non-hydrogen) atoms. The lowest BCUT2D eigenvalue weighted by molar-refractivity contribution is 0.292. The molecule has 0 amide bonds. The molecule has 1 aromatic carbocycles. The fourth-order valence-corrected chi connectivity index (χ4v) is 3.56. The maximum atomic E-state index is 9.05. The van der Waals surface area contributed by atoms with Crippen LogP contribution < -0.4 is 5.32 Å². The summed E-state index contributed by atoms with van der Waals surface area (Å²) in [5.41, 5.74) is 3.78. The number of nitrogens with zero attached hydrogens (tertiary/aromatic N) is 3. The van der Waals surface area contributed by atoms with Crippen molar-refractivity contribution in [2.75, 3.05) is 18.5 Å². The second-order valence-electron chi connectivity index (χ2n) is 6.27. The molecule has 3 aromatic heterocycles. The molecule has 4 aromatic rings. The van der Waals surface area contributed by atoms with Crippen LogP contribution in [-0.2, 0) is 0 Å². The zero-order valence-corrected chi connectivity index (χ0v) is 16.1. The molecule has 0 atom stereocenters. The predicted molar refractivity (Wildman–Crippen MR) is 114 cm³/mol. The Balaban J connectivity index is 1.75. The number of rotatable bonds is 7. The lowest BCUT2D eigenvalue weighted by Crippen LogP contribution is -2.06. The van der Waals surface area contributed by atoms with Crippen LogP contribution in [0.3, 0.4) is 0 Å². The predicted octanol–water partition coefficient (Wildman–Crippen LogP) is 4.73. The van der Waals surface area contributed by atoms with Gasteiger partial charge in [0, 0.05) is 53.2 Å². The van der Waals surface area contributed by atoms with Gasteiger partial charge in [-0.2, -0.15) is 0 Å². The summed E-state index contributed by atoms with van der Waals surface area (Å²) in [4.78, 5) is 15.0.